The number of ether oxygens (including phenoxy) is 4. The summed E-state index contributed by atoms with van der Waals surface area (Å²) in [7, 11) is 0. The average molecular weight is 1360 g/mol. The Bertz CT molecular complexity index is 4650. The fourth-order valence-corrected chi connectivity index (χ4v) is 9.98. The SMILES string of the molecule is CCOC(=O)Cc1ccc2nc(N)n(-c3ccc(F)cc3)c2c1F.CCOC(=O)Cc1ccc2nc(N)n(C3CCC3)c2c1F.Nc1nc2ccc(C(F)(F)F)cc2n1-c1ccc(OC(F)(F)F)c(F)c1.Nc1nc2ccc(C(F)(F)F)cc2n1-c1ccc(OC(F)(F)F)cc1. The van der Waals surface area contributed by atoms with Gasteiger partial charge in [-0.25, -0.2) is 37.5 Å². The number of halogens is 16. The molecule has 0 saturated heterocycles. The molecule has 4 heterocycles. The lowest BCUT2D eigenvalue weighted by atomic mass is 9.92. The van der Waals surface area contributed by atoms with Crippen LogP contribution < -0.4 is 32.4 Å². The van der Waals surface area contributed by atoms with E-state index < -0.39 is 82.9 Å². The van der Waals surface area contributed by atoms with Gasteiger partial charge in [-0.2, -0.15) is 26.3 Å². The van der Waals surface area contributed by atoms with E-state index in [2.05, 4.69) is 29.4 Å². The predicted octanol–water partition coefficient (Wildman–Crippen LogP) is 14.8. The third-order valence-corrected chi connectivity index (χ3v) is 14.3. The van der Waals surface area contributed by atoms with Crippen molar-refractivity contribution in [3.63, 3.8) is 0 Å². The third kappa shape index (κ3) is 15.8. The third-order valence-electron chi connectivity index (χ3n) is 14.3. The minimum absolute atomic E-state index is 0.0730. The molecule has 4 aromatic heterocycles. The maximum atomic E-state index is 14.9. The number of carbonyl (C=O) groups excluding carboxylic acids is 2. The topological polar surface area (TPSA) is 246 Å². The van der Waals surface area contributed by atoms with Crippen LogP contribution in [0.15, 0.2) is 127 Å². The first-order valence-corrected chi connectivity index (χ1v) is 28.2. The summed E-state index contributed by atoms with van der Waals surface area (Å²) in [4.78, 5) is 39.3. The summed E-state index contributed by atoms with van der Waals surface area (Å²) in [6.45, 7) is 3.92. The predicted molar refractivity (Wildman–Crippen MR) is 317 cm³/mol. The van der Waals surface area contributed by atoms with Crippen LogP contribution in [0.2, 0.25) is 0 Å². The summed E-state index contributed by atoms with van der Waals surface area (Å²) in [6.07, 6.45) is -16.3. The number of nitrogen functional groups attached to an aromatic ring is 4. The van der Waals surface area contributed by atoms with Gasteiger partial charge in [0.1, 0.15) is 22.6 Å². The highest BCUT2D eigenvalue weighted by molar-refractivity contribution is 5.86. The van der Waals surface area contributed by atoms with Crippen molar-refractivity contribution >= 4 is 79.9 Å². The van der Waals surface area contributed by atoms with Crippen molar-refractivity contribution < 1.29 is 98.8 Å². The van der Waals surface area contributed by atoms with Gasteiger partial charge in [0.15, 0.2) is 23.2 Å². The summed E-state index contributed by atoms with van der Waals surface area (Å²) in [6, 6.07) is 24.5. The van der Waals surface area contributed by atoms with E-state index in [1.807, 2.05) is 0 Å². The zero-order valence-corrected chi connectivity index (χ0v) is 49.5. The fourth-order valence-electron chi connectivity index (χ4n) is 9.98. The first kappa shape index (κ1) is 69.4. The number of carbonyl (C=O) groups is 2. The van der Waals surface area contributed by atoms with E-state index in [4.69, 9.17) is 32.4 Å². The summed E-state index contributed by atoms with van der Waals surface area (Å²) >= 11 is 0. The van der Waals surface area contributed by atoms with Gasteiger partial charge in [0.2, 0.25) is 23.8 Å². The summed E-state index contributed by atoms with van der Waals surface area (Å²) in [5, 5.41) is 0. The van der Waals surface area contributed by atoms with Gasteiger partial charge in [-0.05, 0) is 142 Å². The van der Waals surface area contributed by atoms with Crippen LogP contribution in [-0.2, 0) is 44.3 Å². The highest BCUT2D eigenvalue weighted by atomic mass is 19.4. The molecule has 18 nitrogen and oxygen atoms in total. The summed E-state index contributed by atoms with van der Waals surface area (Å²) in [5.41, 5.74) is 24.2. The van der Waals surface area contributed by atoms with Crippen LogP contribution in [0.5, 0.6) is 11.5 Å². The monoisotopic (exact) mass is 1360 g/mol. The van der Waals surface area contributed by atoms with Gasteiger partial charge in [0.25, 0.3) is 0 Å². The lowest BCUT2D eigenvalue weighted by Gasteiger charge is -2.28. The number of nitrogens with two attached hydrogens (primary N) is 4. The molecular formula is C62H50F16N12O6. The van der Waals surface area contributed by atoms with E-state index in [0.29, 0.717) is 45.9 Å². The normalized spacial score (nSPS) is 12.7. The minimum atomic E-state index is -5.09. The standard InChI is InChI=1S/C17H15F2N3O2.C15H8F7N3O.C15H9F6N3O.C15H18FN3O2/c1-2-24-14(23)9-10-3-8-13-16(15(10)19)22(17(20)21-13)12-6-4-11(18)5-7-12;16-9-6-8(2-4-12(9)26-15(20,21)22)25-11-5-7(14(17,18)19)1-3-10(11)24-13(25)23;16-14(17,18)8-1-6-11-12(7-8)24(13(22)23-11)9-2-4-10(5-3-9)25-15(19,20)21;1-2-21-12(20)8-9-6-7-11-14(13(9)16)19(15(17)18-11)10-4-3-5-10/h3-8H,2,9H2,1H3,(H2,20,21);1-6H,(H2,23,24);1-7H,(H2,22,23);6-7,10H,2-5,8H2,1H3,(H2,17,18). The molecule has 8 N–H and O–H groups in total. The molecule has 0 radical (unpaired) electrons. The highest BCUT2D eigenvalue weighted by Crippen LogP contribution is 2.40. The maximum absolute atomic E-state index is 14.9. The molecule has 1 aliphatic carbocycles. The molecule has 0 amide bonds. The summed E-state index contributed by atoms with van der Waals surface area (Å²) in [5.74, 6) is -5.25. The van der Waals surface area contributed by atoms with Crippen LogP contribution in [0, 0.1) is 23.3 Å². The van der Waals surface area contributed by atoms with Gasteiger partial charge in [0, 0.05) is 34.6 Å². The first-order valence-electron chi connectivity index (χ1n) is 28.2. The Morgan fingerprint density at radius 3 is 1.35 bits per heavy atom. The summed E-state index contributed by atoms with van der Waals surface area (Å²) < 4.78 is 229. The average Bonchev–Trinajstić information content (AvgIpc) is 1.62. The molecule has 1 saturated carbocycles. The Morgan fingerprint density at radius 1 is 0.479 bits per heavy atom. The molecule has 0 bridgehead atoms. The smallest absolute Gasteiger partial charge is 0.466 e. The van der Waals surface area contributed by atoms with Crippen LogP contribution in [0.1, 0.15) is 61.4 Å². The largest absolute Gasteiger partial charge is 0.573 e. The van der Waals surface area contributed by atoms with E-state index in [9.17, 15) is 79.8 Å². The van der Waals surface area contributed by atoms with Crippen molar-refractivity contribution in [3.8, 4) is 28.6 Å². The Hall–Kier alpha value is -11.0. The molecule has 506 valence electrons. The van der Waals surface area contributed by atoms with Gasteiger partial charge in [-0.3, -0.25) is 23.3 Å². The van der Waals surface area contributed by atoms with E-state index in [1.165, 1.54) is 57.7 Å². The van der Waals surface area contributed by atoms with Crippen LogP contribution in [0.25, 0.3) is 61.2 Å². The number of fused-ring (bicyclic) bond motifs is 4. The van der Waals surface area contributed by atoms with Gasteiger partial charge in [-0.15, -0.1) is 26.3 Å². The van der Waals surface area contributed by atoms with Gasteiger partial charge in [0.05, 0.1) is 76.0 Å². The number of benzene rings is 7. The molecule has 96 heavy (non-hydrogen) atoms. The number of esters is 2. The number of imidazole rings is 4. The number of rotatable bonds is 12. The van der Waals surface area contributed by atoms with Crippen molar-refractivity contribution in [2.75, 3.05) is 36.1 Å². The zero-order valence-electron chi connectivity index (χ0n) is 49.5. The lowest BCUT2D eigenvalue weighted by molar-refractivity contribution is -0.276. The number of alkyl halides is 12. The molecule has 34 heteroatoms. The van der Waals surface area contributed by atoms with Crippen molar-refractivity contribution in [1.82, 2.24) is 38.2 Å². The molecule has 11 aromatic rings. The molecule has 7 aromatic carbocycles. The Morgan fingerprint density at radius 2 is 0.896 bits per heavy atom. The van der Waals surface area contributed by atoms with E-state index in [1.54, 1.807) is 36.6 Å². The van der Waals surface area contributed by atoms with Gasteiger partial charge >= 0.3 is 37.0 Å². The quantitative estimate of drug-likeness (QED) is 0.0656. The number of hydrogen-bond acceptors (Lipinski definition) is 14. The van der Waals surface area contributed by atoms with Crippen molar-refractivity contribution in [1.29, 1.82) is 0 Å². The minimum Gasteiger partial charge on any atom is -0.466 e. The maximum Gasteiger partial charge on any atom is 0.573 e. The molecule has 12 rings (SSSR count). The van der Waals surface area contributed by atoms with Crippen LogP contribution in [0.3, 0.4) is 0 Å². The first-order chi connectivity index (χ1) is 45.1. The molecular weight excluding hydrogens is 1310 g/mol. The molecule has 0 spiro atoms. The van der Waals surface area contributed by atoms with Crippen LogP contribution >= 0.6 is 0 Å². The number of aromatic nitrogens is 8. The zero-order chi connectivity index (χ0) is 69.9. The lowest BCUT2D eigenvalue weighted by Crippen LogP contribution is -2.19. The highest BCUT2D eigenvalue weighted by Gasteiger charge is 2.35. The number of nitrogens with zero attached hydrogens (tertiary/aromatic N) is 8. The van der Waals surface area contributed by atoms with Crippen LogP contribution in [-0.4, -0.2) is 76.1 Å². The Kier molecular flexibility index (Phi) is 19.9. The van der Waals surface area contributed by atoms with E-state index in [0.717, 1.165) is 72.4 Å². The van der Waals surface area contributed by atoms with E-state index >= 15 is 0 Å². The molecule has 0 aliphatic heterocycles. The number of hydrogen-bond donors (Lipinski definition) is 4. The Balaban J connectivity index is 0.000000151. The van der Waals surface area contributed by atoms with Crippen molar-refractivity contribution in [3.05, 3.63) is 173 Å². The number of anilines is 4. The molecule has 1 aliphatic rings. The second-order valence-electron chi connectivity index (χ2n) is 20.7. The van der Waals surface area contributed by atoms with Gasteiger partial charge in [-0.1, -0.05) is 12.1 Å². The second-order valence-corrected chi connectivity index (χ2v) is 20.7. The van der Waals surface area contributed by atoms with Crippen molar-refractivity contribution in [2.24, 2.45) is 0 Å². The Labute approximate surface area is 530 Å². The van der Waals surface area contributed by atoms with Crippen molar-refractivity contribution in [2.45, 2.75) is 77.1 Å². The molecule has 0 atom stereocenters. The molecule has 1 fully saturated rings. The van der Waals surface area contributed by atoms with Gasteiger partial charge < -0.3 is 46.4 Å². The van der Waals surface area contributed by atoms with E-state index in [-0.39, 0.29) is 94.5 Å². The molecule has 0 unspecified atom stereocenters. The second kappa shape index (κ2) is 27.5. The fraction of sp³-hybridized carbons (Fsp3) is 0.226. The van der Waals surface area contributed by atoms with Crippen LogP contribution in [0.4, 0.5) is 94.0 Å².